The maximum atomic E-state index is 12.5. The Morgan fingerprint density at radius 3 is 2.70 bits per heavy atom. The molecule has 1 aromatic heterocycles. The van der Waals surface area contributed by atoms with Crippen LogP contribution in [0.1, 0.15) is 48.5 Å². The van der Waals surface area contributed by atoms with Gasteiger partial charge in [-0.05, 0) is 55.5 Å². The summed E-state index contributed by atoms with van der Waals surface area (Å²) in [6.45, 7) is 3.19. The molecule has 1 aliphatic rings. The van der Waals surface area contributed by atoms with Crippen molar-refractivity contribution in [1.82, 2.24) is 19.9 Å². The highest BCUT2D eigenvalue weighted by atomic mass is 16.5. The van der Waals surface area contributed by atoms with Gasteiger partial charge in [-0.2, -0.15) is 0 Å². The van der Waals surface area contributed by atoms with Crippen LogP contribution in [0.4, 0.5) is 0 Å². The Balaban J connectivity index is 1.34. The van der Waals surface area contributed by atoms with E-state index in [2.05, 4.69) is 17.2 Å². The van der Waals surface area contributed by atoms with E-state index in [1.165, 1.54) is 0 Å². The van der Waals surface area contributed by atoms with Gasteiger partial charge in [-0.25, -0.2) is 9.48 Å². The number of benzene rings is 2. The van der Waals surface area contributed by atoms with Crippen molar-refractivity contribution in [3.8, 4) is 0 Å². The van der Waals surface area contributed by atoms with Crippen LogP contribution in [0.25, 0.3) is 11.0 Å². The number of carbonyl (C=O) groups is 2. The lowest BCUT2D eigenvalue weighted by molar-refractivity contribution is -0.138. The largest absolute Gasteiger partial charge is 0.452 e. The number of nitrogens with zero attached hydrogens (tertiary/aromatic N) is 4. The van der Waals surface area contributed by atoms with Crippen molar-refractivity contribution < 1.29 is 14.3 Å². The molecule has 0 spiro atoms. The zero-order valence-electron chi connectivity index (χ0n) is 17.2. The van der Waals surface area contributed by atoms with E-state index >= 15 is 0 Å². The minimum atomic E-state index is -0.480. The number of hydrogen-bond acceptors (Lipinski definition) is 5. The normalized spacial score (nSPS) is 16.6. The first-order chi connectivity index (χ1) is 14.7. The van der Waals surface area contributed by atoms with Crippen molar-refractivity contribution in [3.05, 3.63) is 59.7 Å². The van der Waals surface area contributed by atoms with Gasteiger partial charge in [0, 0.05) is 12.6 Å². The predicted molar refractivity (Wildman–Crippen MR) is 113 cm³/mol. The van der Waals surface area contributed by atoms with Gasteiger partial charge >= 0.3 is 5.97 Å². The molecular weight excluding hydrogens is 380 g/mol. The molecule has 0 aliphatic carbocycles. The number of aromatic nitrogens is 3. The molecule has 1 saturated heterocycles. The average Bonchev–Trinajstić information content (AvgIpc) is 3.20. The van der Waals surface area contributed by atoms with Crippen LogP contribution < -0.4 is 0 Å². The summed E-state index contributed by atoms with van der Waals surface area (Å²) in [7, 11) is 0. The summed E-state index contributed by atoms with van der Waals surface area (Å²) in [6.07, 6.45) is 4.12. The van der Waals surface area contributed by atoms with Gasteiger partial charge in [-0.15, -0.1) is 5.10 Å². The van der Waals surface area contributed by atoms with E-state index in [4.69, 9.17) is 4.74 Å². The van der Waals surface area contributed by atoms with Gasteiger partial charge in [-0.3, -0.25) is 4.79 Å². The number of para-hydroxylation sites is 1. The second-order valence-electron chi connectivity index (χ2n) is 7.65. The number of fused-ring (bicyclic) bond motifs is 1. The maximum absolute atomic E-state index is 12.5. The van der Waals surface area contributed by atoms with Crippen molar-refractivity contribution in [2.45, 2.75) is 45.2 Å². The standard InChI is InChI=1S/C23H26N4O3/c1-2-19-7-5-6-14-26(19)22(28)16-30-23(29)18-12-10-17(11-13-18)15-27-21-9-4-3-8-20(21)24-25-27/h3-4,8-13,19H,2,5-7,14-16H2,1H3/t19-/m0/s1. The molecule has 1 amide bonds. The fraction of sp³-hybridized carbons (Fsp3) is 0.391. The van der Waals surface area contributed by atoms with Crippen LogP contribution in [0.15, 0.2) is 48.5 Å². The number of hydrogen-bond donors (Lipinski definition) is 0. The fourth-order valence-electron chi connectivity index (χ4n) is 4.00. The average molecular weight is 406 g/mol. The third-order valence-electron chi connectivity index (χ3n) is 5.69. The van der Waals surface area contributed by atoms with Gasteiger partial charge in [-0.1, -0.05) is 36.4 Å². The van der Waals surface area contributed by atoms with Crippen molar-refractivity contribution in [2.24, 2.45) is 0 Å². The molecule has 156 valence electrons. The molecule has 0 radical (unpaired) electrons. The van der Waals surface area contributed by atoms with Crippen LogP contribution in [-0.4, -0.2) is 51.0 Å². The Labute approximate surface area is 175 Å². The van der Waals surface area contributed by atoms with Crippen LogP contribution in [0.2, 0.25) is 0 Å². The van der Waals surface area contributed by atoms with Crippen molar-refractivity contribution in [1.29, 1.82) is 0 Å². The Morgan fingerprint density at radius 2 is 1.90 bits per heavy atom. The van der Waals surface area contributed by atoms with Crippen LogP contribution in [0, 0.1) is 0 Å². The zero-order chi connectivity index (χ0) is 20.9. The van der Waals surface area contributed by atoms with Crippen LogP contribution in [0.5, 0.6) is 0 Å². The number of ether oxygens (including phenoxy) is 1. The lowest BCUT2D eigenvalue weighted by atomic mass is 10.00. The van der Waals surface area contributed by atoms with E-state index in [1.807, 2.05) is 46.0 Å². The molecule has 2 aromatic carbocycles. The molecule has 0 N–H and O–H groups in total. The van der Waals surface area contributed by atoms with Gasteiger partial charge in [0.25, 0.3) is 5.91 Å². The molecule has 0 unspecified atom stereocenters. The summed E-state index contributed by atoms with van der Waals surface area (Å²) >= 11 is 0. The highest BCUT2D eigenvalue weighted by Crippen LogP contribution is 2.19. The third-order valence-corrected chi connectivity index (χ3v) is 5.69. The summed E-state index contributed by atoms with van der Waals surface area (Å²) in [5.41, 5.74) is 3.24. The number of piperidine rings is 1. The highest BCUT2D eigenvalue weighted by molar-refractivity contribution is 5.91. The number of esters is 1. The van der Waals surface area contributed by atoms with Gasteiger partial charge in [0.05, 0.1) is 17.6 Å². The van der Waals surface area contributed by atoms with E-state index in [1.54, 1.807) is 12.1 Å². The molecule has 0 saturated carbocycles. The van der Waals surface area contributed by atoms with Crippen molar-refractivity contribution in [2.75, 3.05) is 13.2 Å². The summed E-state index contributed by atoms with van der Waals surface area (Å²) < 4.78 is 7.11. The van der Waals surface area contributed by atoms with Crippen molar-refractivity contribution in [3.63, 3.8) is 0 Å². The molecule has 2 heterocycles. The van der Waals surface area contributed by atoms with Crippen molar-refractivity contribution >= 4 is 22.9 Å². The Bertz CT molecular complexity index is 1030. The monoisotopic (exact) mass is 406 g/mol. The molecule has 0 bridgehead atoms. The third kappa shape index (κ3) is 4.35. The van der Waals surface area contributed by atoms with Gasteiger partial charge in [0.1, 0.15) is 5.52 Å². The molecule has 3 aromatic rings. The van der Waals surface area contributed by atoms with Gasteiger partial charge in [0.2, 0.25) is 0 Å². The maximum Gasteiger partial charge on any atom is 0.338 e. The minimum absolute atomic E-state index is 0.107. The quantitative estimate of drug-likeness (QED) is 0.586. The van der Waals surface area contributed by atoms with E-state index < -0.39 is 5.97 Å². The first-order valence-corrected chi connectivity index (χ1v) is 10.5. The topological polar surface area (TPSA) is 77.3 Å². The zero-order valence-corrected chi connectivity index (χ0v) is 17.2. The summed E-state index contributed by atoms with van der Waals surface area (Å²) in [6, 6.07) is 15.2. The van der Waals surface area contributed by atoms with Gasteiger partial charge < -0.3 is 9.64 Å². The number of amides is 1. The van der Waals surface area contributed by atoms with Crippen LogP contribution in [-0.2, 0) is 16.1 Å². The first-order valence-electron chi connectivity index (χ1n) is 10.5. The molecular formula is C23H26N4O3. The smallest absolute Gasteiger partial charge is 0.338 e. The number of likely N-dealkylation sites (tertiary alicyclic amines) is 1. The molecule has 1 aliphatic heterocycles. The van der Waals surface area contributed by atoms with E-state index in [-0.39, 0.29) is 18.6 Å². The summed E-state index contributed by atoms with van der Waals surface area (Å²) in [5.74, 6) is -0.587. The fourth-order valence-corrected chi connectivity index (χ4v) is 4.00. The molecule has 7 nitrogen and oxygen atoms in total. The van der Waals surface area contributed by atoms with Crippen LogP contribution >= 0.6 is 0 Å². The summed E-state index contributed by atoms with van der Waals surface area (Å²) in [4.78, 5) is 26.7. The lowest BCUT2D eigenvalue weighted by Gasteiger charge is -2.35. The number of rotatable bonds is 6. The highest BCUT2D eigenvalue weighted by Gasteiger charge is 2.26. The van der Waals surface area contributed by atoms with E-state index in [0.717, 1.165) is 48.8 Å². The van der Waals surface area contributed by atoms with E-state index in [0.29, 0.717) is 12.1 Å². The predicted octanol–water partition coefficient (Wildman–Crippen LogP) is 3.43. The van der Waals surface area contributed by atoms with Crippen LogP contribution in [0.3, 0.4) is 0 Å². The Morgan fingerprint density at radius 1 is 1.10 bits per heavy atom. The Kier molecular flexibility index (Phi) is 6.07. The molecule has 30 heavy (non-hydrogen) atoms. The van der Waals surface area contributed by atoms with E-state index in [9.17, 15) is 9.59 Å². The second kappa shape index (κ2) is 9.07. The molecule has 1 fully saturated rings. The number of carbonyl (C=O) groups excluding carboxylic acids is 2. The van der Waals surface area contributed by atoms with Gasteiger partial charge in [0.15, 0.2) is 6.61 Å². The Hall–Kier alpha value is -3.22. The molecule has 7 heteroatoms. The second-order valence-corrected chi connectivity index (χ2v) is 7.65. The SMILES string of the molecule is CC[C@H]1CCCCN1C(=O)COC(=O)c1ccc(Cn2nnc3ccccc32)cc1. The first kappa shape index (κ1) is 20.1. The molecule has 1 atom stereocenters. The lowest BCUT2D eigenvalue weighted by Crippen LogP contribution is -2.45. The summed E-state index contributed by atoms with van der Waals surface area (Å²) in [5, 5.41) is 8.34. The minimum Gasteiger partial charge on any atom is -0.452 e. The molecule has 4 rings (SSSR count).